The van der Waals surface area contributed by atoms with Gasteiger partial charge in [-0.3, -0.25) is 10.1 Å². The summed E-state index contributed by atoms with van der Waals surface area (Å²) in [6.45, 7) is 5.85. The fourth-order valence-corrected chi connectivity index (χ4v) is 5.87. The van der Waals surface area contributed by atoms with Gasteiger partial charge in [-0.2, -0.15) is 4.31 Å². The normalized spacial score (nSPS) is 19.7. The molecule has 1 aliphatic rings. The molecule has 0 aliphatic carbocycles. The number of nitrogens with one attached hydrogen (secondary N) is 1. The van der Waals surface area contributed by atoms with Crippen LogP contribution in [0.2, 0.25) is 5.02 Å². The largest absolute Gasteiger partial charge is 0.461 e. The Labute approximate surface area is 189 Å². The molecule has 1 fully saturated rings. The molecule has 0 spiro atoms. The maximum Gasteiger partial charge on any atom is 0.357 e. The Morgan fingerprint density at radius 3 is 2.65 bits per heavy atom. The van der Waals surface area contributed by atoms with Crippen molar-refractivity contribution in [1.29, 1.82) is 0 Å². The van der Waals surface area contributed by atoms with Crippen LogP contribution in [0.3, 0.4) is 0 Å². The first-order valence-electron chi connectivity index (χ1n) is 9.51. The standard InChI is InChI=1S/C19H22ClN3O6S2/c1-4-28-18(25)15-10-30-19(21-15)22-17(24)13-5-6-14(20)16(7-13)31(26,27)23-8-11(2)29-12(3)9-23/h5-7,10-12H,4,8-9H2,1-3H3,(H,21,22,24). The van der Waals surface area contributed by atoms with Gasteiger partial charge in [0.2, 0.25) is 10.0 Å². The fourth-order valence-electron chi connectivity index (χ4n) is 3.11. The predicted molar refractivity (Wildman–Crippen MR) is 116 cm³/mol. The molecule has 168 valence electrons. The van der Waals surface area contributed by atoms with Crippen molar-refractivity contribution in [3.05, 3.63) is 39.9 Å². The Bertz CT molecular complexity index is 1080. The van der Waals surface area contributed by atoms with E-state index >= 15 is 0 Å². The summed E-state index contributed by atoms with van der Waals surface area (Å²) >= 11 is 7.23. The predicted octanol–water partition coefficient (Wildman–Crippen LogP) is 3.02. The van der Waals surface area contributed by atoms with Crippen LogP contribution in [-0.4, -0.2) is 61.5 Å². The Balaban J connectivity index is 1.82. The van der Waals surface area contributed by atoms with Crippen LogP contribution in [0.15, 0.2) is 28.5 Å². The number of sulfonamides is 1. The lowest BCUT2D eigenvalue weighted by atomic mass is 10.2. The highest BCUT2D eigenvalue weighted by Crippen LogP contribution is 2.28. The van der Waals surface area contributed by atoms with Gasteiger partial charge in [-0.05, 0) is 39.0 Å². The number of anilines is 1. The van der Waals surface area contributed by atoms with E-state index in [0.717, 1.165) is 11.3 Å². The van der Waals surface area contributed by atoms with E-state index in [1.165, 1.54) is 27.9 Å². The zero-order valence-corrected chi connectivity index (χ0v) is 19.5. The van der Waals surface area contributed by atoms with E-state index in [1.807, 2.05) is 0 Å². The van der Waals surface area contributed by atoms with Gasteiger partial charge in [0.25, 0.3) is 5.91 Å². The van der Waals surface area contributed by atoms with Crippen LogP contribution < -0.4 is 5.32 Å². The molecular formula is C19H22ClN3O6S2. The van der Waals surface area contributed by atoms with Crippen LogP contribution in [0.25, 0.3) is 0 Å². The van der Waals surface area contributed by atoms with Crippen molar-refractivity contribution in [2.75, 3.05) is 25.0 Å². The number of carbonyl (C=O) groups is 2. The number of esters is 1. The fraction of sp³-hybridized carbons (Fsp3) is 0.421. The lowest BCUT2D eigenvalue weighted by molar-refractivity contribution is -0.0440. The molecule has 12 heteroatoms. The highest BCUT2D eigenvalue weighted by atomic mass is 35.5. The molecule has 1 aliphatic heterocycles. The maximum absolute atomic E-state index is 13.2. The molecule has 3 rings (SSSR count). The number of thiazole rings is 1. The van der Waals surface area contributed by atoms with E-state index in [9.17, 15) is 18.0 Å². The Hall–Kier alpha value is -2.05. The monoisotopic (exact) mass is 487 g/mol. The second-order valence-electron chi connectivity index (χ2n) is 6.94. The van der Waals surface area contributed by atoms with Gasteiger partial charge >= 0.3 is 5.97 Å². The Morgan fingerprint density at radius 2 is 2.00 bits per heavy atom. The van der Waals surface area contributed by atoms with Crippen molar-refractivity contribution in [1.82, 2.24) is 9.29 Å². The zero-order valence-electron chi connectivity index (χ0n) is 17.1. The first-order valence-corrected chi connectivity index (χ1v) is 12.2. The van der Waals surface area contributed by atoms with Crippen LogP contribution in [0.4, 0.5) is 5.13 Å². The molecule has 31 heavy (non-hydrogen) atoms. The van der Waals surface area contributed by atoms with E-state index in [1.54, 1.807) is 20.8 Å². The number of amides is 1. The van der Waals surface area contributed by atoms with Crippen molar-refractivity contribution in [3.63, 3.8) is 0 Å². The first-order chi connectivity index (χ1) is 14.6. The number of hydrogen-bond acceptors (Lipinski definition) is 8. The number of nitrogens with zero attached hydrogens (tertiary/aromatic N) is 2. The van der Waals surface area contributed by atoms with E-state index < -0.39 is 21.9 Å². The van der Waals surface area contributed by atoms with E-state index in [2.05, 4.69) is 10.3 Å². The second-order valence-corrected chi connectivity index (χ2v) is 10.1. The molecule has 1 aromatic heterocycles. The average Bonchev–Trinajstić information content (AvgIpc) is 3.16. The summed E-state index contributed by atoms with van der Waals surface area (Å²) in [5, 5.41) is 4.22. The molecule has 2 atom stereocenters. The maximum atomic E-state index is 13.2. The second kappa shape index (κ2) is 9.61. The molecule has 0 bridgehead atoms. The third kappa shape index (κ3) is 5.42. The third-order valence-corrected chi connectivity index (χ3v) is 7.48. The minimum Gasteiger partial charge on any atom is -0.461 e. The van der Waals surface area contributed by atoms with Crippen LogP contribution in [-0.2, 0) is 19.5 Å². The third-order valence-electron chi connectivity index (χ3n) is 4.41. The van der Waals surface area contributed by atoms with E-state index in [4.69, 9.17) is 21.1 Å². The molecule has 1 N–H and O–H groups in total. The molecule has 1 saturated heterocycles. The first kappa shape index (κ1) is 23.6. The highest BCUT2D eigenvalue weighted by Gasteiger charge is 2.34. The van der Waals surface area contributed by atoms with Gasteiger partial charge in [0.1, 0.15) is 4.90 Å². The lowest BCUT2D eigenvalue weighted by Crippen LogP contribution is -2.48. The van der Waals surface area contributed by atoms with Crippen LogP contribution in [0.1, 0.15) is 41.6 Å². The topological polar surface area (TPSA) is 115 Å². The molecule has 1 aromatic carbocycles. The number of carbonyl (C=O) groups excluding carboxylic acids is 2. The summed E-state index contributed by atoms with van der Waals surface area (Å²) < 4.78 is 38.1. The minimum atomic E-state index is -3.93. The summed E-state index contributed by atoms with van der Waals surface area (Å²) in [6.07, 6.45) is -0.524. The van der Waals surface area contributed by atoms with Gasteiger partial charge in [-0.15, -0.1) is 11.3 Å². The smallest absolute Gasteiger partial charge is 0.357 e. The van der Waals surface area contributed by atoms with Crippen molar-refractivity contribution >= 4 is 50.0 Å². The van der Waals surface area contributed by atoms with Crippen molar-refractivity contribution in [2.45, 2.75) is 37.9 Å². The van der Waals surface area contributed by atoms with Crippen LogP contribution in [0, 0.1) is 0 Å². The van der Waals surface area contributed by atoms with Crippen molar-refractivity contribution in [2.24, 2.45) is 0 Å². The lowest BCUT2D eigenvalue weighted by Gasteiger charge is -2.34. The molecular weight excluding hydrogens is 466 g/mol. The van der Waals surface area contributed by atoms with Crippen molar-refractivity contribution in [3.8, 4) is 0 Å². The number of hydrogen-bond donors (Lipinski definition) is 1. The summed E-state index contributed by atoms with van der Waals surface area (Å²) in [5.74, 6) is -1.17. The summed E-state index contributed by atoms with van der Waals surface area (Å²) in [6, 6.07) is 4.02. The van der Waals surface area contributed by atoms with Gasteiger partial charge in [0.05, 0.1) is 23.8 Å². The molecule has 0 saturated carbocycles. The summed E-state index contributed by atoms with van der Waals surface area (Å²) in [4.78, 5) is 28.2. The highest BCUT2D eigenvalue weighted by molar-refractivity contribution is 7.89. The van der Waals surface area contributed by atoms with E-state index in [0.29, 0.717) is 0 Å². The Kier molecular flexibility index (Phi) is 7.32. The molecule has 1 amide bonds. The van der Waals surface area contributed by atoms with Gasteiger partial charge in [-0.1, -0.05) is 11.6 Å². The van der Waals surface area contributed by atoms with Gasteiger partial charge in [-0.25, -0.2) is 18.2 Å². The number of morpholine rings is 1. The SMILES string of the molecule is CCOC(=O)c1csc(NC(=O)c2ccc(Cl)c(S(=O)(=O)N3CC(C)OC(C)C3)c2)n1. The van der Waals surface area contributed by atoms with Gasteiger partial charge in [0, 0.05) is 24.0 Å². The molecule has 2 heterocycles. The molecule has 9 nitrogen and oxygen atoms in total. The van der Waals surface area contributed by atoms with Gasteiger partial charge < -0.3 is 9.47 Å². The number of benzene rings is 1. The zero-order chi connectivity index (χ0) is 22.8. The summed E-state index contributed by atoms with van der Waals surface area (Å²) in [5.41, 5.74) is 0.169. The van der Waals surface area contributed by atoms with Crippen LogP contribution in [0.5, 0.6) is 0 Å². The molecule has 2 aromatic rings. The van der Waals surface area contributed by atoms with Crippen molar-refractivity contribution < 1.29 is 27.5 Å². The average molecular weight is 488 g/mol. The Morgan fingerprint density at radius 1 is 1.32 bits per heavy atom. The quantitative estimate of drug-likeness (QED) is 0.622. The van der Waals surface area contributed by atoms with Gasteiger partial charge in [0.15, 0.2) is 10.8 Å². The van der Waals surface area contributed by atoms with E-state index in [-0.39, 0.29) is 58.2 Å². The molecule has 2 unspecified atom stereocenters. The number of ether oxygens (including phenoxy) is 2. The number of aromatic nitrogens is 1. The van der Waals surface area contributed by atoms with Crippen LogP contribution >= 0.6 is 22.9 Å². The summed E-state index contributed by atoms with van der Waals surface area (Å²) in [7, 11) is -3.93. The number of halogens is 1. The molecule has 0 radical (unpaired) electrons. The number of rotatable bonds is 6. The minimum absolute atomic E-state index is 0.0159.